The van der Waals surface area contributed by atoms with E-state index < -0.39 is 5.97 Å². The Hall–Kier alpha value is -1.51. The average molecular weight is 206 g/mol. The van der Waals surface area contributed by atoms with Crippen molar-refractivity contribution in [3.05, 3.63) is 29.3 Å². The monoisotopic (exact) mass is 206 g/mol. The van der Waals surface area contributed by atoms with Gasteiger partial charge in [-0.15, -0.1) is 0 Å². The lowest BCUT2D eigenvalue weighted by Crippen LogP contribution is -2.00. The summed E-state index contributed by atoms with van der Waals surface area (Å²) in [6.45, 7) is 0. The van der Waals surface area contributed by atoms with Crippen LogP contribution in [0.5, 0.6) is 5.75 Å². The smallest absolute Gasteiger partial charge is 0.339 e. The zero-order chi connectivity index (χ0) is 10.8. The fourth-order valence-electron chi connectivity index (χ4n) is 2.24. The minimum Gasteiger partial charge on any atom is -0.507 e. The lowest BCUT2D eigenvalue weighted by molar-refractivity contribution is 0.0693. The normalized spacial score (nSPS) is 16.8. The molecule has 2 rings (SSSR count). The first kappa shape index (κ1) is 10.0. The number of benzene rings is 1. The molecular formula is C12H14O3. The first-order valence-electron chi connectivity index (χ1n) is 5.24. The topological polar surface area (TPSA) is 57.5 Å². The zero-order valence-corrected chi connectivity index (χ0v) is 8.44. The summed E-state index contributed by atoms with van der Waals surface area (Å²) in [6, 6.07) is 4.92. The summed E-state index contributed by atoms with van der Waals surface area (Å²) in [7, 11) is 0. The van der Waals surface area contributed by atoms with Gasteiger partial charge in [-0.2, -0.15) is 0 Å². The van der Waals surface area contributed by atoms with Crippen molar-refractivity contribution < 1.29 is 15.0 Å². The van der Waals surface area contributed by atoms with Crippen LogP contribution in [0.15, 0.2) is 18.2 Å². The van der Waals surface area contributed by atoms with Gasteiger partial charge in [-0.1, -0.05) is 18.9 Å². The SMILES string of the molecule is O=C(O)c1cc(C2CCCC2)ccc1O. The predicted octanol–water partition coefficient (Wildman–Crippen LogP) is 2.75. The van der Waals surface area contributed by atoms with Gasteiger partial charge in [-0.05, 0) is 36.5 Å². The molecule has 2 N–H and O–H groups in total. The molecule has 0 bridgehead atoms. The van der Waals surface area contributed by atoms with Crippen molar-refractivity contribution in [1.82, 2.24) is 0 Å². The molecule has 0 saturated heterocycles. The summed E-state index contributed by atoms with van der Waals surface area (Å²) >= 11 is 0. The largest absolute Gasteiger partial charge is 0.507 e. The Morgan fingerprint density at radius 2 is 1.93 bits per heavy atom. The summed E-state index contributed by atoms with van der Waals surface area (Å²) in [5, 5.41) is 18.2. The van der Waals surface area contributed by atoms with Gasteiger partial charge in [0.05, 0.1) is 0 Å². The van der Waals surface area contributed by atoms with Crippen LogP contribution in [-0.2, 0) is 0 Å². The first-order valence-corrected chi connectivity index (χ1v) is 5.24. The number of aromatic carboxylic acids is 1. The third-order valence-corrected chi connectivity index (χ3v) is 3.08. The van der Waals surface area contributed by atoms with Crippen LogP contribution in [0.3, 0.4) is 0 Å². The molecule has 1 fully saturated rings. The molecular weight excluding hydrogens is 192 g/mol. The van der Waals surface area contributed by atoms with Gasteiger partial charge < -0.3 is 10.2 Å². The highest BCUT2D eigenvalue weighted by atomic mass is 16.4. The van der Waals surface area contributed by atoms with Crippen molar-refractivity contribution in [2.45, 2.75) is 31.6 Å². The predicted molar refractivity (Wildman–Crippen MR) is 56.3 cm³/mol. The Bertz CT molecular complexity index is 378. The third-order valence-electron chi connectivity index (χ3n) is 3.08. The van der Waals surface area contributed by atoms with Crippen molar-refractivity contribution >= 4 is 5.97 Å². The summed E-state index contributed by atoms with van der Waals surface area (Å²) in [5.74, 6) is -0.736. The van der Waals surface area contributed by atoms with Crippen LogP contribution in [-0.4, -0.2) is 16.2 Å². The van der Waals surface area contributed by atoms with E-state index in [1.807, 2.05) is 6.07 Å². The number of aromatic hydroxyl groups is 1. The average Bonchev–Trinajstić information content (AvgIpc) is 2.71. The second-order valence-electron chi connectivity index (χ2n) is 4.06. The second kappa shape index (κ2) is 3.93. The van der Waals surface area contributed by atoms with E-state index in [1.165, 1.54) is 18.9 Å². The molecule has 0 amide bonds. The molecule has 0 heterocycles. The van der Waals surface area contributed by atoms with Crippen molar-refractivity contribution in [1.29, 1.82) is 0 Å². The number of hydrogen-bond donors (Lipinski definition) is 2. The summed E-state index contributed by atoms with van der Waals surface area (Å²) in [4.78, 5) is 10.8. The van der Waals surface area contributed by atoms with E-state index in [1.54, 1.807) is 6.07 Å². The number of carboxylic acid groups (broad SMARTS) is 1. The molecule has 0 aromatic heterocycles. The van der Waals surface area contributed by atoms with E-state index >= 15 is 0 Å². The molecule has 15 heavy (non-hydrogen) atoms. The molecule has 0 unspecified atom stereocenters. The number of carbonyl (C=O) groups is 1. The summed E-state index contributed by atoms with van der Waals surface area (Å²) in [5.41, 5.74) is 1.06. The minimum atomic E-state index is -1.06. The Kier molecular flexibility index (Phi) is 2.62. The van der Waals surface area contributed by atoms with Gasteiger partial charge in [-0.25, -0.2) is 4.79 Å². The molecule has 1 aromatic rings. The molecule has 3 nitrogen and oxygen atoms in total. The number of phenols is 1. The second-order valence-corrected chi connectivity index (χ2v) is 4.06. The van der Waals surface area contributed by atoms with Gasteiger partial charge >= 0.3 is 5.97 Å². The van der Waals surface area contributed by atoms with Gasteiger partial charge in [0, 0.05) is 0 Å². The van der Waals surface area contributed by atoms with Crippen LogP contribution in [0.4, 0.5) is 0 Å². The fraction of sp³-hybridized carbons (Fsp3) is 0.417. The molecule has 1 aliphatic rings. The molecule has 0 atom stereocenters. The highest BCUT2D eigenvalue weighted by Crippen LogP contribution is 2.35. The van der Waals surface area contributed by atoms with E-state index in [0.717, 1.165) is 18.4 Å². The fourth-order valence-corrected chi connectivity index (χ4v) is 2.24. The molecule has 80 valence electrons. The molecule has 1 aromatic carbocycles. The molecule has 1 aliphatic carbocycles. The van der Waals surface area contributed by atoms with Crippen LogP contribution in [0.2, 0.25) is 0 Å². The number of carboxylic acids is 1. The van der Waals surface area contributed by atoms with Crippen LogP contribution < -0.4 is 0 Å². The Morgan fingerprint density at radius 3 is 2.53 bits per heavy atom. The Balaban J connectivity index is 2.33. The van der Waals surface area contributed by atoms with Crippen molar-refractivity contribution in [2.24, 2.45) is 0 Å². The molecule has 0 radical (unpaired) electrons. The molecule has 0 aliphatic heterocycles. The number of hydrogen-bond acceptors (Lipinski definition) is 2. The van der Waals surface area contributed by atoms with Crippen LogP contribution in [0, 0.1) is 0 Å². The molecule has 3 heteroatoms. The quantitative estimate of drug-likeness (QED) is 0.782. The van der Waals surface area contributed by atoms with Gasteiger partial charge in [0.25, 0.3) is 0 Å². The van der Waals surface area contributed by atoms with Crippen molar-refractivity contribution in [3.63, 3.8) is 0 Å². The standard InChI is InChI=1S/C12H14O3/c13-11-6-5-9(7-10(11)12(14)15)8-3-1-2-4-8/h5-8,13H,1-4H2,(H,14,15). The van der Waals surface area contributed by atoms with Crippen LogP contribution >= 0.6 is 0 Å². The summed E-state index contributed by atoms with van der Waals surface area (Å²) < 4.78 is 0. The minimum absolute atomic E-state index is 0.0133. The van der Waals surface area contributed by atoms with Crippen LogP contribution in [0.1, 0.15) is 47.5 Å². The maximum absolute atomic E-state index is 10.8. The van der Waals surface area contributed by atoms with E-state index in [0.29, 0.717) is 5.92 Å². The maximum atomic E-state index is 10.8. The van der Waals surface area contributed by atoms with Crippen molar-refractivity contribution in [2.75, 3.05) is 0 Å². The number of rotatable bonds is 2. The lowest BCUT2D eigenvalue weighted by atomic mass is 9.95. The van der Waals surface area contributed by atoms with Gasteiger partial charge in [-0.3, -0.25) is 0 Å². The van der Waals surface area contributed by atoms with Gasteiger partial charge in [0.2, 0.25) is 0 Å². The van der Waals surface area contributed by atoms with E-state index in [9.17, 15) is 9.90 Å². The summed E-state index contributed by atoms with van der Waals surface area (Å²) in [6.07, 6.45) is 4.69. The van der Waals surface area contributed by atoms with E-state index in [2.05, 4.69) is 0 Å². The highest BCUT2D eigenvalue weighted by Gasteiger charge is 2.19. The Morgan fingerprint density at radius 1 is 1.27 bits per heavy atom. The van der Waals surface area contributed by atoms with Gasteiger partial charge in [0.1, 0.15) is 11.3 Å². The molecule has 0 spiro atoms. The molecule has 1 saturated carbocycles. The van der Waals surface area contributed by atoms with Crippen LogP contribution in [0.25, 0.3) is 0 Å². The first-order chi connectivity index (χ1) is 7.18. The van der Waals surface area contributed by atoms with Gasteiger partial charge in [0.15, 0.2) is 0 Å². The van der Waals surface area contributed by atoms with E-state index in [4.69, 9.17) is 5.11 Å². The zero-order valence-electron chi connectivity index (χ0n) is 8.44. The van der Waals surface area contributed by atoms with Crippen molar-refractivity contribution in [3.8, 4) is 5.75 Å². The Labute approximate surface area is 88.4 Å². The lowest BCUT2D eigenvalue weighted by Gasteiger charge is -2.10. The highest BCUT2D eigenvalue weighted by molar-refractivity contribution is 5.90. The van der Waals surface area contributed by atoms with E-state index in [-0.39, 0.29) is 11.3 Å². The maximum Gasteiger partial charge on any atom is 0.339 e. The third kappa shape index (κ3) is 1.96.